The molecule has 0 radical (unpaired) electrons. The van der Waals surface area contributed by atoms with E-state index in [1.807, 2.05) is 6.92 Å². The van der Waals surface area contributed by atoms with Crippen LogP contribution in [-0.2, 0) is 9.84 Å². The molecular formula is C14H21FN2O2S. The van der Waals surface area contributed by atoms with Gasteiger partial charge in [-0.05, 0) is 37.8 Å². The van der Waals surface area contributed by atoms with Crippen LogP contribution in [0.2, 0.25) is 0 Å². The third-order valence-electron chi connectivity index (χ3n) is 3.72. The van der Waals surface area contributed by atoms with E-state index < -0.39 is 9.84 Å². The summed E-state index contributed by atoms with van der Waals surface area (Å²) in [6, 6.07) is 1.53. The topological polar surface area (TPSA) is 59.1 Å². The molecule has 0 bridgehead atoms. The molecule has 1 fully saturated rings. The summed E-state index contributed by atoms with van der Waals surface area (Å²) < 4.78 is 36.9. The molecular weight excluding hydrogens is 279 g/mol. The molecule has 4 nitrogen and oxygen atoms in total. The quantitative estimate of drug-likeness (QED) is 0.874. The number of aromatic nitrogens is 1. The van der Waals surface area contributed by atoms with Crippen molar-refractivity contribution in [3.63, 3.8) is 0 Å². The number of hydrogen-bond acceptors (Lipinski definition) is 4. The van der Waals surface area contributed by atoms with Gasteiger partial charge in [0, 0.05) is 17.8 Å². The Bertz CT molecular complexity index is 548. The molecule has 1 aromatic heterocycles. The highest BCUT2D eigenvalue weighted by molar-refractivity contribution is 7.91. The average Bonchev–Trinajstić information content (AvgIpc) is 2.75. The first-order chi connectivity index (χ1) is 9.52. The van der Waals surface area contributed by atoms with Crippen molar-refractivity contribution in [2.75, 3.05) is 18.1 Å². The van der Waals surface area contributed by atoms with Crippen molar-refractivity contribution >= 4 is 9.84 Å². The monoisotopic (exact) mass is 300 g/mol. The third-order valence-corrected chi connectivity index (χ3v) is 5.55. The van der Waals surface area contributed by atoms with Gasteiger partial charge in [0.25, 0.3) is 0 Å². The van der Waals surface area contributed by atoms with Crippen molar-refractivity contribution in [1.29, 1.82) is 0 Å². The molecule has 0 saturated carbocycles. The zero-order chi connectivity index (χ0) is 14.6. The fourth-order valence-corrected chi connectivity index (χ4v) is 4.58. The first-order valence-electron chi connectivity index (χ1n) is 7.05. The summed E-state index contributed by atoms with van der Waals surface area (Å²) in [4.78, 5) is 3.76. The number of sulfone groups is 1. The first-order valence-corrected chi connectivity index (χ1v) is 8.87. The van der Waals surface area contributed by atoms with Crippen LogP contribution >= 0.6 is 0 Å². The van der Waals surface area contributed by atoms with Gasteiger partial charge in [-0.15, -0.1) is 0 Å². The van der Waals surface area contributed by atoms with Gasteiger partial charge in [-0.25, -0.2) is 12.8 Å². The van der Waals surface area contributed by atoms with E-state index in [9.17, 15) is 12.8 Å². The van der Waals surface area contributed by atoms with Gasteiger partial charge in [0.2, 0.25) is 0 Å². The van der Waals surface area contributed by atoms with Crippen LogP contribution < -0.4 is 5.32 Å². The minimum absolute atomic E-state index is 0.113. The zero-order valence-corrected chi connectivity index (χ0v) is 12.5. The van der Waals surface area contributed by atoms with E-state index >= 15 is 0 Å². The summed E-state index contributed by atoms with van der Waals surface area (Å²) in [7, 11) is -2.89. The van der Waals surface area contributed by atoms with Crippen LogP contribution in [-0.4, -0.2) is 31.5 Å². The molecule has 0 amide bonds. The Labute approximate surface area is 119 Å². The Morgan fingerprint density at radius 1 is 1.55 bits per heavy atom. The molecule has 1 N–H and O–H groups in total. The Morgan fingerprint density at radius 2 is 2.35 bits per heavy atom. The molecule has 20 heavy (non-hydrogen) atoms. The lowest BCUT2D eigenvalue weighted by molar-refractivity contribution is 0.402. The van der Waals surface area contributed by atoms with Crippen molar-refractivity contribution in [2.45, 2.75) is 32.2 Å². The number of halogens is 1. The maximum absolute atomic E-state index is 13.9. The smallest absolute Gasteiger partial charge is 0.150 e. The van der Waals surface area contributed by atoms with Crippen molar-refractivity contribution < 1.29 is 12.8 Å². The maximum atomic E-state index is 13.9. The summed E-state index contributed by atoms with van der Waals surface area (Å²) >= 11 is 0. The molecule has 1 aromatic rings. The fourth-order valence-electron chi connectivity index (χ4n) is 2.70. The van der Waals surface area contributed by atoms with Crippen molar-refractivity contribution in [3.8, 4) is 0 Å². The van der Waals surface area contributed by atoms with E-state index in [0.29, 0.717) is 18.4 Å². The van der Waals surface area contributed by atoms with Crippen LogP contribution in [0.15, 0.2) is 18.5 Å². The van der Waals surface area contributed by atoms with Crippen LogP contribution in [0.1, 0.15) is 37.8 Å². The highest BCUT2D eigenvalue weighted by Gasteiger charge is 2.30. The van der Waals surface area contributed by atoms with Crippen LogP contribution in [0.3, 0.4) is 0 Å². The third kappa shape index (κ3) is 3.99. The lowest BCUT2D eigenvalue weighted by Gasteiger charge is -2.22. The number of rotatable bonds is 6. The predicted molar refractivity (Wildman–Crippen MR) is 76.6 cm³/mol. The molecule has 0 spiro atoms. The number of nitrogens with one attached hydrogen (secondary N) is 1. The van der Waals surface area contributed by atoms with Gasteiger partial charge >= 0.3 is 0 Å². The summed E-state index contributed by atoms with van der Waals surface area (Å²) in [5.41, 5.74) is 0.581. The van der Waals surface area contributed by atoms with Crippen molar-refractivity contribution in [2.24, 2.45) is 5.92 Å². The number of nitrogens with zero attached hydrogens (tertiary/aromatic N) is 1. The van der Waals surface area contributed by atoms with Gasteiger partial charge in [-0.2, -0.15) is 0 Å². The predicted octanol–water partition coefficient (Wildman–Crippen LogP) is 2.09. The van der Waals surface area contributed by atoms with Crippen molar-refractivity contribution in [3.05, 3.63) is 29.8 Å². The molecule has 1 aliphatic heterocycles. The standard InChI is InChI=1S/C14H21FN2O2S/c1-2-5-17-14(12-3-6-16-9-13(12)15)8-11-4-7-20(18,19)10-11/h3,6,9,11,14,17H,2,4-5,7-8,10H2,1H3. The van der Waals surface area contributed by atoms with E-state index in [-0.39, 0.29) is 29.3 Å². The normalized spacial score (nSPS) is 22.8. The van der Waals surface area contributed by atoms with Gasteiger partial charge < -0.3 is 5.32 Å². The second kappa shape index (κ2) is 6.63. The minimum atomic E-state index is -2.89. The first kappa shape index (κ1) is 15.4. The lowest BCUT2D eigenvalue weighted by atomic mass is 9.94. The van der Waals surface area contributed by atoms with Gasteiger partial charge in [0.1, 0.15) is 5.82 Å². The molecule has 6 heteroatoms. The SMILES string of the molecule is CCCNC(CC1CCS(=O)(=O)C1)c1ccncc1F. The maximum Gasteiger partial charge on any atom is 0.150 e. The van der Waals surface area contributed by atoms with Gasteiger partial charge in [0.15, 0.2) is 9.84 Å². The minimum Gasteiger partial charge on any atom is -0.310 e. The molecule has 0 aliphatic carbocycles. The molecule has 2 rings (SSSR count). The van der Waals surface area contributed by atoms with Gasteiger partial charge in [-0.1, -0.05) is 6.92 Å². The van der Waals surface area contributed by atoms with E-state index in [1.54, 1.807) is 12.3 Å². The molecule has 2 unspecified atom stereocenters. The largest absolute Gasteiger partial charge is 0.310 e. The molecule has 1 aliphatic rings. The summed E-state index contributed by atoms with van der Waals surface area (Å²) in [6.45, 7) is 2.83. The van der Waals surface area contributed by atoms with E-state index in [2.05, 4.69) is 10.3 Å². The highest BCUT2D eigenvalue weighted by Crippen LogP contribution is 2.29. The molecule has 2 atom stereocenters. The van der Waals surface area contributed by atoms with Crippen LogP contribution in [0.4, 0.5) is 4.39 Å². The second-order valence-electron chi connectivity index (χ2n) is 5.41. The Hall–Kier alpha value is -1.01. The van der Waals surface area contributed by atoms with Crippen LogP contribution in [0.5, 0.6) is 0 Å². The van der Waals surface area contributed by atoms with Gasteiger partial charge in [0.05, 0.1) is 17.7 Å². The lowest BCUT2D eigenvalue weighted by Crippen LogP contribution is -2.26. The van der Waals surface area contributed by atoms with E-state index in [0.717, 1.165) is 13.0 Å². The van der Waals surface area contributed by atoms with E-state index in [4.69, 9.17) is 0 Å². The van der Waals surface area contributed by atoms with E-state index in [1.165, 1.54) is 6.20 Å². The average molecular weight is 300 g/mol. The molecule has 0 aromatic carbocycles. The highest BCUT2D eigenvalue weighted by atomic mass is 32.2. The van der Waals surface area contributed by atoms with Crippen LogP contribution in [0.25, 0.3) is 0 Å². The number of hydrogen-bond donors (Lipinski definition) is 1. The summed E-state index contributed by atoms with van der Waals surface area (Å²) in [5, 5.41) is 3.32. The second-order valence-corrected chi connectivity index (χ2v) is 7.64. The van der Waals surface area contributed by atoms with Crippen molar-refractivity contribution in [1.82, 2.24) is 10.3 Å². The fraction of sp³-hybridized carbons (Fsp3) is 0.643. The van der Waals surface area contributed by atoms with Crippen LogP contribution in [0, 0.1) is 11.7 Å². The zero-order valence-electron chi connectivity index (χ0n) is 11.7. The Balaban J connectivity index is 2.10. The summed E-state index contributed by atoms with van der Waals surface area (Å²) in [6.07, 6.45) is 5.07. The molecule has 2 heterocycles. The summed E-state index contributed by atoms with van der Waals surface area (Å²) in [5.74, 6) is 0.268. The van der Waals surface area contributed by atoms with Gasteiger partial charge in [-0.3, -0.25) is 4.98 Å². The number of pyridine rings is 1. The molecule has 112 valence electrons. The Morgan fingerprint density at radius 3 is 2.95 bits per heavy atom. The molecule has 1 saturated heterocycles. The Kier molecular flexibility index (Phi) is 5.10.